The van der Waals surface area contributed by atoms with Gasteiger partial charge >= 0.3 is 0 Å². The SMILES string of the molecule is Cc1ccc(CC(=O)CCc2ccc3c(c2)CN(C2CCC(=O)NC2=O)C3=O)cc1CN. The zero-order valence-electron chi connectivity index (χ0n) is 18.1. The molecule has 7 heteroatoms. The van der Waals surface area contributed by atoms with Gasteiger partial charge in [0.1, 0.15) is 11.8 Å². The Hall–Kier alpha value is -3.32. The second kappa shape index (κ2) is 9.04. The van der Waals surface area contributed by atoms with Crippen molar-refractivity contribution in [1.29, 1.82) is 0 Å². The van der Waals surface area contributed by atoms with Crippen molar-refractivity contribution in [2.75, 3.05) is 0 Å². The third kappa shape index (κ3) is 4.48. The van der Waals surface area contributed by atoms with E-state index >= 15 is 0 Å². The Kier molecular flexibility index (Phi) is 6.19. The minimum atomic E-state index is -0.620. The van der Waals surface area contributed by atoms with Gasteiger partial charge in [0, 0.05) is 37.9 Å². The first kappa shape index (κ1) is 21.9. The highest BCUT2D eigenvalue weighted by atomic mass is 16.2. The monoisotopic (exact) mass is 433 g/mol. The number of hydrogen-bond acceptors (Lipinski definition) is 5. The maximum absolute atomic E-state index is 12.8. The van der Waals surface area contributed by atoms with Gasteiger partial charge < -0.3 is 10.6 Å². The first-order valence-corrected chi connectivity index (χ1v) is 10.9. The lowest BCUT2D eigenvalue weighted by Crippen LogP contribution is -2.52. The van der Waals surface area contributed by atoms with Crippen LogP contribution >= 0.6 is 0 Å². The number of nitrogens with zero attached hydrogens (tertiary/aromatic N) is 1. The zero-order chi connectivity index (χ0) is 22.8. The van der Waals surface area contributed by atoms with Crippen LogP contribution in [0.5, 0.6) is 0 Å². The van der Waals surface area contributed by atoms with E-state index in [0.29, 0.717) is 44.3 Å². The molecule has 0 bridgehead atoms. The van der Waals surface area contributed by atoms with E-state index in [0.717, 1.165) is 27.8 Å². The van der Waals surface area contributed by atoms with Crippen LogP contribution in [0.3, 0.4) is 0 Å². The van der Waals surface area contributed by atoms with Crippen molar-refractivity contribution in [3.05, 3.63) is 69.8 Å². The lowest BCUT2D eigenvalue weighted by molar-refractivity contribution is -0.137. The number of amides is 3. The van der Waals surface area contributed by atoms with Crippen molar-refractivity contribution in [1.82, 2.24) is 10.2 Å². The molecule has 166 valence electrons. The third-order valence-electron chi connectivity index (χ3n) is 6.32. The molecule has 2 aromatic rings. The second-order valence-corrected chi connectivity index (χ2v) is 8.57. The summed E-state index contributed by atoms with van der Waals surface area (Å²) in [6.07, 6.45) is 1.96. The molecule has 2 aromatic carbocycles. The van der Waals surface area contributed by atoms with E-state index in [9.17, 15) is 19.2 Å². The van der Waals surface area contributed by atoms with Gasteiger partial charge in [0.15, 0.2) is 0 Å². The number of carbonyl (C=O) groups excluding carboxylic acids is 4. The van der Waals surface area contributed by atoms with Crippen LogP contribution in [0.1, 0.15) is 57.4 Å². The van der Waals surface area contributed by atoms with E-state index in [4.69, 9.17) is 5.73 Å². The quantitative estimate of drug-likeness (QED) is 0.649. The van der Waals surface area contributed by atoms with Crippen LogP contribution in [0, 0.1) is 6.92 Å². The van der Waals surface area contributed by atoms with Gasteiger partial charge in [-0.2, -0.15) is 0 Å². The molecule has 2 aliphatic rings. The van der Waals surface area contributed by atoms with Crippen molar-refractivity contribution in [3.63, 3.8) is 0 Å². The van der Waals surface area contributed by atoms with Crippen LogP contribution < -0.4 is 11.1 Å². The summed E-state index contributed by atoms with van der Waals surface area (Å²) in [4.78, 5) is 50.4. The van der Waals surface area contributed by atoms with Crippen LogP contribution in [0.25, 0.3) is 0 Å². The van der Waals surface area contributed by atoms with E-state index < -0.39 is 11.9 Å². The number of fused-ring (bicyclic) bond motifs is 1. The third-order valence-corrected chi connectivity index (χ3v) is 6.32. The van der Waals surface area contributed by atoms with Crippen LogP contribution in [0.4, 0.5) is 0 Å². The van der Waals surface area contributed by atoms with Gasteiger partial charge in [-0.1, -0.05) is 30.3 Å². The summed E-state index contributed by atoms with van der Waals surface area (Å²) in [6, 6.07) is 10.9. The minimum Gasteiger partial charge on any atom is -0.326 e. The van der Waals surface area contributed by atoms with Crippen LogP contribution in [0.2, 0.25) is 0 Å². The molecule has 4 rings (SSSR count). The second-order valence-electron chi connectivity index (χ2n) is 8.57. The smallest absolute Gasteiger partial charge is 0.255 e. The molecule has 2 heterocycles. The largest absolute Gasteiger partial charge is 0.326 e. The molecule has 32 heavy (non-hydrogen) atoms. The Labute approximate surface area is 187 Å². The number of ketones is 1. The van der Waals surface area contributed by atoms with Gasteiger partial charge in [-0.15, -0.1) is 0 Å². The van der Waals surface area contributed by atoms with Crippen LogP contribution in [-0.4, -0.2) is 34.4 Å². The van der Waals surface area contributed by atoms with Crippen molar-refractivity contribution < 1.29 is 19.2 Å². The number of imide groups is 1. The maximum Gasteiger partial charge on any atom is 0.255 e. The molecule has 1 saturated heterocycles. The number of hydrogen-bond donors (Lipinski definition) is 2. The number of benzene rings is 2. The minimum absolute atomic E-state index is 0.151. The standard InChI is InChI=1S/C25H27N3O4/c1-15-2-3-17(11-18(15)13-26)12-20(29)6-4-16-5-7-21-19(10-16)14-28(25(21)32)22-8-9-23(30)27-24(22)31/h2-3,5,7,10-11,22H,4,6,8-9,12-14,26H2,1H3,(H,27,30,31). The fourth-order valence-electron chi connectivity index (χ4n) is 4.44. The van der Waals surface area contributed by atoms with Gasteiger partial charge in [-0.05, 0) is 53.6 Å². The first-order valence-electron chi connectivity index (χ1n) is 10.9. The summed E-state index contributed by atoms with van der Waals surface area (Å²) >= 11 is 0. The highest BCUT2D eigenvalue weighted by Crippen LogP contribution is 2.28. The number of rotatable bonds is 7. The molecular formula is C25H27N3O4. The maximum atomic E-state index is 12.8. The summed E-state index contributed by atoms with van der Waals surface area (Å²) in [5.74, 6) is -0.750. The Morgan fingerprint density at radius 3 is 2.66 bits per heavy atom. The van der Waals surface area contributed by atoms with E-state index in [-0.39, 0.29) is 24.0 Å². The van der Waals surface area contributed by atoms with Crippen molar-refractivity contribution in [2.24, 2.45) is 5.73 Å². The Balaban J connectivity index is 1.37. The van der Waals surface area contributed by atoms with E-state index in [2.05, 4.69) is 5.32 Å². The summed E-state index contributed by atoms with van der Waals surface area (Å²) in [5, 5.41) is 2.31. The van der Waals surface area contributed by atoms with Gasteiger partial charge in [-0.3, -0.25) is 24.5 Å². The van der Waals surface area contributed by atoms with E-state index in [1.54, 1.807) is 6.07 Å². The van der Waals surface area contributed by atoms with Crippen molar-refractivity contribution in [3.8, 4) is 0 Å². The predicted octanol–water partition coefficient (Wildman–Crippen LogP) is 1.96. The molecule has 7 nitrogen and oxygen atoms in total. The van der Waals surface area contributed by atoms with Crippen molar-refractivity contribution in [2.45, 2.75) is 58.2 Å². The van der Waals surface area contributed by atoms with Crippen molar-refractivity contribution >= 4 is 23.5 Å². The Morgan fingerprint density at radius 1 is 1.12 bits per heavy atom. The molecular weight excluding hydrogens is 406 g/mol. The Morgan fingerprint density at radius 2 is 1.91 bits per heavy atom. The molecule has 0 aliphatic carbocycles. The number of carbonyl (C=O) groups is 4. The summed E-state index contributed by atoms with van der Waals surface area (Å²) in [6.45, 7) is 2.80. The molecule has 1 fully saturated rings. The molecule has 3 amide bonds. The number of aryl methyl sites for hydroxylation is 2. The van der Waals surface area contributed by atoms with Gasteiger partial charge in [0.05, 0.1) is 0 Å². The molecule has 1 atom stereocenters. The van der Waals surface area contributed by atoms with Crippen LogP contribution in [-0.2, 0) is 40.3 Å². The highest BCUT2D eigenvalue weighted by molar-refractivity contribution is 6.05. The van der Waals surface area contributed by atoms with Crippen LogP contribution in [0.15, 0.2) is 36.4 Å². The van der Waals surface area contributed by atoms with E-state index in [1.807, 2.05) is 37.3 Å². The summed E-state index contributed by atoms with van der Waals surface area (Å²) < 4.78 is 0. The Bertz CT molecular complexity index is 1110. The molecule has 0 saturated carbocycles. The lowest BCUT2D eigenvalue weighted by Gasteiger charge is -2.29. The van der Waals surface area contributed by atoms with E-state index in [1.165, 1.54) is 4.90 Å². The highest BCUT2D eigenvalue weighted by Gasteiger charge is 2.39. The molecule has 0 radical (unpaired) electrons. The fraction of sp³-hybridized carbons (Fsp3) is 0.360. The first-order chi connectivity index (χ1) is 15.4. The summed E-state index contributed by atoms with van der Waals surface area (Å²) in [7, 11) is 0. The molecule has 1 unspecified atom stereocenters. The zero-order valence-corrected chi connectivity index (χ0v) is 18.1. The molecule has 3 N–H and O–H groups in total. The van der Waals surface area contributed by atoms with Gasteiger partial charge in [0.25, 0.3) is 5.91 Å². The number of nitrogens with one attached hydrogen (secondary N) is 1. The number of nitrogens with two attached hydrogens (primary N) is 1. The molecule has 0 spiro atoms. The molecule has 2 aliphatic heterocycles. The predicted molar refractivity (Wildman–Crippen MR) is 119 cm³/mol. The average molecular weight is 434 g/mol. The lowest BCUT2D eigenvalue weighted by atomic mass is 9.98. The average Bonchev–Trinajstić information content (AvgIpc) is 3.09. The van der Waals surface area contributed by atoms with Gasteiger partial charge in [0.2, 0.25) is 11.8 Å². The number of Topliss-reactive ketones (excluding diaryl/α,β-unsaturated/α-hetero) is 1. The topological polar surface area (TPSA) is 110 Å². The fourth-order valence-corrected chi connectivity index (χ4v) is 4.44. The molecule has 0 aromatic heterocycles. The summed E-state index contributed by atoms with van der Waals surface area (Å²) in [5.41, 5.74) is 11.3. The number of piperidine rings is 1. The normalized spacial score (nSPS) is 18.0. The van der Waals surface area contributed by atoms with Gasteiger partial charge in [-0.25, -0.2) is 0 Å².